The fourth-order valence-electron chi connectivity index (χ4n) is 2.07. The monoisotopic (exact) mass is 300 g/mol. The fourth-order valence-corrected chi connectivity index (χ4v) is 2.07. The molecule has 1 aromatic carbocycles. The van der Waals surface area contributed by atoms with Crippen LogP contribution in [0.25, 0.3) is 5.65 Å². The Labute approximate surface area is 125 Å². The molecule has 0 bridgehead atoms. The van der Waals surface area contributed by atoms with Crippen LogP contribution in [0, 0.1) is 5.82 Å². The number of ether oxygens (including phenoxy) is 2. The molecular weight excluding hydrogens is 287 g/mol. The van der Waals surface area contributed by atoms with E-state index in [9.17, 15) is 9.18 Å². The Morgan fingerprint density at radius 3 is 2.91 bits per heavy atom. The van der Waals surface area contributed by atoms with Gasteiger partial charge in [-0.3, -0.25) is 0 Å². The third-order valence-electron chi connectivity index (χ3n) is 3.15. The summed E-state index contributed by atoms with van der Waals surface area (Å²) < 4.78 is 25.3. The number of carbonyl (C=O) groups is 1. The summed E-state index contributed by atoms with van der Waals surface area (Å²) >= 11 is 0. The number of esters is 1. The second kappa shape index (κ2) is 5.85. The summed E-state index contributed by atoms with van der Waals surface area (Å²) in [5.74, 6) is -1.14. The number of aromatic nitrogens is 2. The highest BCUT2D eigenvalue weighted by Gasteiger charge is 2.12. The molecule has 3 aromatic rings. The van der Waals surface area contributed by atoms with E-state index in [0.717, 1.165) is 11.7 Å². The van der Waals surface area contributed by atoms with E-state index in [1.165, 1.54) is 19.2 Å². The lowest BCUT2D eigenvalue weighted by atomic mass is 10.2. The number of hydrogen-bond donors (Lipinski definition) is 0. The van der Waals surface area contributed by atoms with Crippen molar-refractivity contribution in [3.63, 3.8) is 0 Å². The van der Waals surface area contributed by atoms with Gasteiger partial charge >= 0.3 is 5.97 Å². The number of nitrogens with zero attached hydrogens (tertiary/aromatic N) is 2. The molecule has 0 unspecified atom stereocenters. The topological polar surface area (TPSA) is 52.8 Å². The lowest BCUT2D eigenvalue weighted by Crippen LogP contribution is -2.06. The number of rotatable bonds is 4. The highest BCUT2D eigenvalue weighted by molar-refractivity contribution is 5.89. The smallest absolute Gasteiger partial charge is 0.338 e. The second-order valence-electron chi connectivity index (χ2n) is 4.62. The van der Waals surface area contributed by atoms with Crippen molar-refractivity contribution in [2.24, 2.45) is 0 Å². The first-order valence-corrected chi connectivity index (χ1v) is 6.60. The van der Waals surface area contributed by atoms with Gasteiger partial charge in [0.25, 0.3) is 0 Å². The third kappa shape index (κ3) is 2.76. The first-order chi connectivity index (χ1) is 10.7. The Morgan fingerprint density at radius 1 is 1.32 bits per heavy atom. The first-order valence-electron chi connectivity index (χ1n) is 6.60. The van der Waals surface area contributed by atoms with E-state index < -0.39 is 11.8 Å². The summed E-state index contributed by atoms with van der Waals surface area (Å²) in [5, 5.41) is 0. The molecule has 0 fully saturated rings. The highest BCUT2D eigenvalue weighted by Crippen LogP contribution is 2.18. The maximum atomic E-state index is 13.6. The summed E-state index contributed by atoms with van der Waals surface area (Å²) in [6.07, 6.45) is 3.63. The van der Waals surface area contributed by atoms with Crippen LogP contribution in [0.15, 0.2) is 48.8 Å². The number of imidazole rings is 1. The van der Waals surface area contributed by atoms with Crippen molar-refractivity contribution in [2.45, 2.75) is 6.61 Å². The second-order valence-corrected chi connectivity index (χ2v) is 4.62. The maximum Gasteiger partial charge on any atom is 0.338 e. The summed E-state index contributed by atoms with van der Waals surface area (Å²) in [6.45, 7) is 0.0220. The van der Waals surface area contributed by atoms with Crippen LogP contribution in [0.4, 0.5) is 4.39 Å². The number of benzene rings is 1. The van der Waals surface area contributed by atoms with Crippen molar-refractivity contribution in [2.75, 3.05) is 7.11 Å². The Morgan fingerprint density at radius 2 is 2.18 bits per heavy atom. The summed E-state index contributed by atoms with van der Waals surface area (Å²) in [4.78, 5) is 16.2. The van der Waals surface area contributed by atoms with Gasteiger partial charge in [0.15, 0.2) is 11.6 Å². The highest BCUT2D eigenvalue weighted by atomic mass is 19.1. The predicted molar refractivity (Wildman–Crippen MR) is 77.3 cm³/mol. The molecule has 22 heavy (non-hydrogen) atoms. The molecule has 2 heterocycles. The number of fused-ring (bicyclic) bond motifs is 1. The molecule has 0 N–H and O–H groups in total. The van der Waals surface area contributed by atoms with E-state index in [4.69, 9.17) is 9.47 Å². The van der Waals surface area contributed by atoms with Gasteiger partial charge in [-0.2, -0.15) is 0 Å². The molecule has 3 rings (SSSR count). The molecule has 112 valence electrons. The van der Waals surface area contributed by atoms with Crippen molar-refractivity contribution in [3.8, 4) is 5.75 Å². The number of methoxy groups -OCH3 is 1. The van der Waals surface area contributed by atoms with Gasteiger partial charge in [-0.15, -0.1) is 0 Å². The molecule has 0 saturated carbocycles. The number of pyridine rings is 1. The zero-order valence-electron chi connectivity index (χ0n) is 11.8. The quantitative estimate of drug-likeness (QED) is 0.695. The minimum absolute atomic E-state index is 0.0220. The van der Waals surface area contributed by atoms with Gasteiger partial charge in [-0.05, 0) is 30.3 Å². The van der Waals surface area contributed by atoms with E-state index in [1.807, 2.05) is 28.8 Å². The average Bonchev–Trinajstić information content (AvgIpc) is 2.95. The van der Waals surface area contributed by atoms with Gasteiger partial charge in [-0.1, -0.05) is 6.07 Å². The van der Waals surface area contributed by atoms with Gasteiger partial charge in [0.05, 0.1) is 18.4 Å². The van der Waals surface area contributed by atoms with Gasteiger partial charge < -0.3 is 13.9 Å². The Balaban J connectivity index is 1.70. The van der Waals surface area contributed by atoms with Crippen LogP contribution in [-0.4, -0.2) is 22.5 Å². The molecule has 0 atom stereocenters. The normalized spacial score (nSPS) is 10.6. The maximum absolute atomic E-state index is 13.6. The summed E-state index contributed by atoms with van der Waals surface area (Å²) in [5.41, 5.74) is 1.51. The lowest BCUT2D eigenvalue weighted by Gasteiger charge is -2.05. The largest absolute Gasteiger partial charge is 0.494 e. The van der Waals surface area contributed by atoms with Crippen LogP contribution in [0.2, 0.25) is 0 Å². The Hall–Kier alpha value is -2.89. The SMILES string of the molecule is COc1ccc(C(=O)OCc2cn3ccccc3n2)cc1F. The lowest BCUT2D eigenvalue weighted by molar-refractivity contribution is 0.0467. The van der Waals surface area contributed by atoms with Crippen LogP contribution >= 0.6 is 0 Å². The molecule has 0 amide bonds. The van der Waals surface area contributed by atoms with Crippen molar-refractivity contribution in [1.82, 2.24) is 9.38 Å². The molecule has 0 aliphatic carbocycles. The molecule has 0 saturated heterocycles. The van der Waals surface area contributed by atoms with Gasteiger partial charge in [0.1, 0.15) is 12.3 Å². The van der Waals surface area contributed by atoms with Crippen LogP contribution in [0.1, 0.15) is 16.1 Å². The van der Waals surface area contributed by atoms with Crippen molar-refractivity contribution < 1.29 is 18.7 Å². The van der Waals surface area contributed by atoms with Crippen LogP contribution in [0.5, 0.6) is 5.75 Å². The van der Waals surface area contributed by atoms with E-state index in [1.54, 1.807) is 6.20 Å². The van der Waals surface area contributed by atoms with Crippen molar-refractivity contribution in [3.05, 3.63) is 65.9 Å². The number of halogens is 1. The van der Waals surface area contributed by atoms with Crippen LogP contribution in [-0.2, 0) is 11.3 Å². The molecular formula is C16H13FN2O3. The molecule has 0 aliphatic heterocycles. The van der Waals surface area contributed by atoms with Gasteiger partial charge in [0, 0.05) is 12.4 Å². The number of carbonyl (C=O) groups excluding carboxylic acids is 1. The number of hydrogen-bond acceptors (Lipinski definition) is 4. The van der Waals surface area contributed by atoms with E-state index >= 15 is 0 Å². The van der Waals surface area contributed by atoms with Gasteiger partial charge in [-0.25, -0.2) is 14.2 Å². The van der Waals surface area contributed by atoms with Gasteiger partial charge in [0.2, 0.25) is 0 Å². The zero-order chi connectivity index (χ0) is 15.5. The van der Waals surface area contributed by atoms with Crippen LogP contribution in [0.3, 0.4) is 0 Å². The molecule has 0 radical (unpaired) electrons. The van der Waals surface area contributed by atoms with Crippen molar-refractivity contribution in [1.29, 1.82) is 0 Å². The Bertz CT molecular complexity index is 796. The molecule has 6 heteroatoms. The standard InChI is InChI=1S/C16H13FN2O3/c1-21-14-6-5-11(8-13(14)17)16(20)22-10-12-9-19-7-3-2-4-15(19)18-12/h2-9H,10H2,1H3. The molecule has 0 spiro atoms. The zero-order valence-corrected chi connectivity index (χ0v) is 11.8. The average molecular weight is 300 g/mol. The Kier molecular flexibility index (Phi) is 3.74. The third-order valence-corrected chi connectivity index (χ3v) is 3.15. The molecule has 0 aliphatic rings. The van der Waals surface area contributed by atoms with E-state index in [0.29, 0.717) is 5.69 Å². The minimum atomic E-state index is -0.612. The summed E-state index contributed by atoms with van der Waals surface area (Å²) in [7, 11) is 1.36. The first kappa shape index (κ1) is 14.1. The van der Waals surface area contributed by atoms with Crippen molar-refractivity contribution >= 4 is 11.6 Å². The minimum Gasteiger partial charge on any atom is -0.494 e. The molecule has 5 nitrogen and oxygen atoms in total. The van der Waals surface area contributed by atoms with Crippen LogP contribution < -0.4 is 4.74 Å². The van der Waals surface area contributed by atoms with E-state index in [-0.39, 0.29) is 17.9 Å². The fraction of sp³-hybridized carbons (Fsp3) is 0.125. The molecule has 2 aromatic heterocycles. The van der Waals surface area contributed by atoms with E-state index in [2.05, 4.69) is 4.98 Å². The summed E-state index contributed by atoms with van der Waals surface area (Å²) in [6, 6.07) is 9.53. The predicted octanol–water partition coefficient (Wildman–Crippen LogP) is 2.84.